The Bertz CT molecular complexity index is 760. The number of hydrogen-bond donors (Lipinski definition) is 1. The van der Waals surface area contributed by atoms with E-state index in [2.05, 4.69) is 36.4 Å². The largest absolute Gasteiger partial charge is 0.356 e. The summed E-state index contributed by atoms with van der Waals surface area (Å²) in [6, 6.07) is 18.4. The van der Waals surface area contributed by atoms with E-state index in [-0.39, 0.29) is 0 Å². The van der Waals surface area contributed by atoms with E-state index in [1.54, 1.807) is 0 Å². The van der Waals surface area contributed by atoms with Crippen LogP contribution in [0.4, 0.5) is 11.4 Å². The molecule has 0 amide bonds. The Morgan fingerprint density at radius 1 is 1.00 bits per heavy atom. The van der Waals surface area contributed by atoms with Gasteiger partial charge in [-0.3, -0.25) is 4.68 Å². The molecule has 0 atom stereocenters. The van der Waals surface area contributed by atoms with E-state index in [0.717, 1.165) is 27.7 Å². The van der Waals surface area contributed by atoms with E-state index in [0.29, 0.717) is 6.04 Å². The molecule has 0 aliphatic heterocycles. The summed E-state index contributed by atoms with van der Waals surface area (Å²) in [4.78, 5) is 0. The minimum absolute atomic E-state index is 0.331. The molecule has 3 aromatic rings. The summed E-state index contributed by atoms with van der Waals surface area (Å²) in [6.45, 7) is 4.26. The topological polar surface area (TPSA) is 29.9 Å². The van der Waals surface area contributed by atoms with E-state index < -0.39 is 0 Å². The van der Waals surface area contributed by atoms with Crippen LogP contribution in [0.2, 0.25) is 5.02 Å². The molecule has 0 spiro atoms. The third-order valence-electron chi connectivity index (χ3n) is 3.45. The van der Waals surface area contributed by atoms with Crippen LogP contribution in [0.5, 0.6) is 0 Å². The summed E-state index contributed by atoms with van der Waals surface area (Å²) in [5, 5.41) is 8.53. The first-order valence-electron chi connectivity index (χ1n) is 7.30. The predicted molar refractivity (Wildman–Crippen MR) is 92.8 cm³/mol. The SMILES string of the molecule is CC(C)n1nccc1-c1cccc(Nc2ccc(Cl)cc2)c1. The van der Waals surface area contributed by atoms with Gasteiger partial charge in [0, 0.05) is 34.2 Å². The van der Waals surface area contributed by atoms with Gasteiger partial charge in [-0.15, -0.1) is 0 Å². The maximum absolute atomic E-state index is 5.92. The molecular formula is C18H18ClN3. The average molecular weight is 312 g/mol. The fraction of sp³-hybridized carbons (Fsp3) is 0.167. The van der Waals surface area contributed by atoms with Gasteiger partial charge in [0.25, 0.3) is 0 Å². The molecule has 3 nitrogen and oxygen atoms in total. The van der Waals surface area contributed by atoms with Gasteiger partial charge in [-0.1, -0.05) is 23.7 Å². The Hall–Kier alpha value is -2.26. The minimum atomic E-state index is 0.331. The normalized spacial score (nSPS) is 10.9. The highest BCUT2D eigenvalue weighted by molar-refractivity contribution is 6.30. The Labute approximate surface area is 135 Å². The number of aromatic nitrogens is 2. The molecule has 0 aliphatic carbocycles. The molecule has 3 rings (SSSR count). The first kappa shape index (κ1) is 14.7. The second-order valence-electron chi connectivity index (χ2n) is 5.47. The summed E-state index contributed by atoms with van der Waals surface area (Å²) in [5.41, 5.74) is 4.31. The number of rotatable bonds is 4. The predicted octanol–water partition coefficient (Wildman–Crippen LogP) is 5.53. The van der Waals surface area contributed by atoms with Gasteiger partial charge in [0.05, 0.1) is 5.69 Å². The molecule has 0 saturated carbocycles. The quantitative estimate of drug-likeness (QED) is 0.686. The summed E-state index contributed by atoms with van der Waals surface area (Å²) < 4.78 is 2.03. The van der Waals surface area contributed by atoms with E-state index in [1.165, 1.54) is 0 Å². The van der Waals surface area contributed by atoms with Crippen molar-refractivity contribution in [1.29, 1.82) is 0 Å². The van der Waals surface area contributed by atoms with Crippen LogP contribution in [-0.4, -0.2) is 9.78 Å². The van der Waals surface area contributed by atoms with Crippen molar-refractivity contribution in [3.8, 4) is 11.3 Å². The molecule has 1 heterocycles. The molecule has 1 N–H and O–H groups in total. The zero-order chi connectivity index (χ0) is 15.5. The molecule has 4 heteroatoms. The second-order valence-corrected chi connectivity index (χ2v) is 5.90. The van der Waals surface area contributed by atoms with Gasteiger partial charge in [0.15, 0.2) is 0 Å². The number of anilines is 2. The van der Waals surface area contributed by atoms with Crippen LogP contribution < -0.4 is 5.32 Å². The van der Waals surface area contributed by atoms with Gasteiger partial charge in [0.2, 0.25) is 0 Å². The molecular weight excluding hydrogens is 294 g/mol. The maximum atomic E-state index is 5.92. The second kappa shape index (κ2) is 6.24. The molecule has 0 radical (unpaired) electrons. The highest BCUT2D eigenvalue weighted by Gasteiger charge is 2.08. The monoisotopic (exact) mass is 311 g/mol. The molecule has 112 valence electrons. The van der Waals surface area contributed by atoms with E-state index in [9.17, 15) is 0 Å². The van der Waals surface area contributed by atoms with Gasteiger partial charge in [-0.25, -0.2) is 0 Å². The maximum Gasteiger partial charge on any atom is 0.0686 e. The number of nitrogens with zero attached hydrogens (tertiary/aromatic N) is 2. The molecule has 2 aromatic carbocycles. The van der Waals surface area contributed by atoms with E-state index >= 15 is 0 Å². The standard InChI is InChI=1S/C18H18ClN3/c1-13(2)22-18(10-11-20-22)14-4-3-5-17(12-14)21-16-8-6-15(19)7-9-16/h3-13,21H,1-2H3. The van der Waals surface area contributed by atoms with Crippen LogP contribution in [0.15, 0.2) is 60.8 Å². The van der Waals surface area contributed by atoms with Crippen LogP contribution in [0, 0.1) is 0 Å². The number of halogens is 1. The highest BCUT2D eigenvalue weighted by atomic mass is 35.5. The van der Waals surface area contributed by atoms with Crippen LogP contribution in [0.3, 0.4) is 0 Å². The summed E-state index contributed by atoms with van der Waals surface area (Å²) in [7, 11) is 0. The Morgan fingerprint density at radius 3 is 2.50 bits per heavy atom. The van der Waals surface area contributed by atoms with Crippen molar-refractivity contribution in [1.82, 2.24) is 9.78 Å². The average Bonchev–Trinajstić information content (AvgIpc) is 3.00. The van der Waals surface area contributed by atoms with Crippen LogP contribution in [-0.2, 0) is 0 Å². The molecule has 1 aromatic heterocycles. The van der Waals surface area contributed by atoms with Gasteiger partial charge >= 0.3 is 0 Å². The number of hydrogen-bond acceptors (Lipinski definition) is 2. The van der Waals surface area contributed by atoms with Crippen molar-refractivity contribution < 1.29 is 0 Å². The lowest BCUT2D eigenvalue weighted by molar-refractivity contribution is 0.538. The van der Waals surface area contributed by atoms with Crippen molar-refractivity contribution in [2.45, 2.75) is 19.9 Å². The molecule has 0 saturated heterocycles. The zero-order valence-electron chi connectivity index (χ0n) is 12.6. The smallest absolute Gasteiger partial charge is 0.0686 e. The summed E-state index contributed by atoms with van der Waals surface area (Å²) >= 11 is 5.92. The third kappa shape index (κ3) is 3.15. The van der Waals surface area contributed by atoms with Crippen LogP contribution in [0.1, 0.15) is 19.9 Å². The Kier molecular flexibility index (Phi) is 4.16. The van der Waals surface area contributed by atoms with Crippen LogP contribution in [0.25, 0.3) is 11.3 Å². The lowest BCUT2D eigenvalue weighted by Crippen LogP contribution is -2.04. The van der Waals surface area contributed by atoms with E-state index in [4.69, 9.17) is 11.6 Å². The fourth-order valence-corrected chi connectivity index (χ4v) is 2.54. The lowest BCUT2D eigenvalue weighted by Gasteiger charge is -2.12. The first-order valence-corrected chi connectivity index (χ1v) is 7.68. The van der Waals surface area contributed by atoms with Gasteiger partial charge in [0.1, 0.15) is 0 Å². The third-order valence-corrected chi connectivity index (χ3v) is 3.70. The van der Waals surface area contributed by atoms with Crippen molar-refractivity contribution in [3.05, 3.63) is 65.8 Å². The minimum Gasteiger partial charge on any atom is -0.356 e. The van der Waals surface area contributed by atoms with Crippen LogP contribution >= 0.6 is 11.6 Å². The lowest BCUT2D eigenvalue weighted by atomic mass is 10.1. The van der Waals surface area contributed by atoms with Crippen molar-refractivity contribution in [2.24, 2.45) is 0 Å². The molecule has 0 fully saturated rings. The van der Waals surface area contributed by atoms with Gasteiger partial charge in [-0.05, 0) is 56.3 Å². The van der Waals surface area contributed by atoms with Gasteiger partial charge < -0.3 is 5.32 Å². The van der Waals surface area contributed by atoms with Gasteiger partial charge in [-0.2, -0.15) is 5.10 Å². The highest BCUT2D eigenvalue weighted by Crippen LogP contribution is 2.26. The zero-order valence-corrected chi connectivity index (χ0v) is 13.4. The summed E-state index contributed by atoms with van der Waals surface area (Å²) in [6.07, 6.45) is 1.84. The van der Waals surface area contributed by atoms with Crippen molar-refractivity contribution in [3.63, 3.8) is 0 Å². The number of nitrogens with one attached hydrogen (secondary N) is 1. The Morgan fingerprint density at radius 2 is 1.77 bits per heavy atom. The molecule has 0 bridgehead atoms. The Balaban J connectivity index is 1.89. The van der Waals surface area contributed by atoms with Crippen molar-refractivity contribution in [2.75, 3.05) is 5.32 Å². The van der Waals surface area contributed by atoms with E-state index in [1.807, 2.05) is 53.3 Å². The molecule has 0 aliphatic rings. The number of benzene rings is 2. The summed E-state index contributed by atoms with van der Waals surface area (Å²) in [5.74, 6) is 0. The van der Waals surface area contributed by atoms with Crippen molar-refractivity contribution >= 4 is 23.0 Å². The fourth-order valence-electron chi connectivity index (χ4n) is 2.41. The molecule has 0 unspecified atom stereocenters. The molecule has 22 heavy (non-hydrogen) atoms. The first-order chi connectivity index (χ1) is 10.6.